The molecule has 0 spiro atoms. The highest BCUT2D eigenvalue weighted by atomic mass is 32.2. The minimum atomic E-state index is 0.00344. The van der Waals surface area contributed by atoms with Crippen LogP contribution in [0.3, 0.4) is 0 Å². The van der Waals surface area contributed by atoms with E-state index in [-0.39, 0.29) is 18.0 Å². The highest BCUT2D eigenvalue weighted by molar-refractivity contribution is 7.99. The number of nitrogens with one attached hydrogen (secondary N) is 2. The third-order valence-corrected chi connectivity index (χ3v) is 4.37. The first kappa shape index (κ1) is 11.1. The molecule has 1 fully saturated rings. The Balaban J connectivity index is 1.60. The molecule has 1 saturated heterocycles. The van der Waals surface area contributed by atoms with Gasteiger partial charge in [-0.1, -0.05) is 24.3 Å². The zero-order valence-corrected chi connectivity index (χ0v) is 10.4. The van der Waals surface area contributed by atoms with Crippen LogP contribution in [0.1, 0.15) is 11.1 Å². The predicted octanol–water partition coefficient (Wildman–Crippen LogP) is 0.932. The summed E-state index contributed by atoms with van der Waals surface area (Å²) in [5.74, 6) is 1.95. The van der Waals surface area contributed by atoms with Gasteiger partial charge in [-0.15, -0.1) is 11.8 Å². The van der Waals surface area contributed by atoms with Crippen molar-refractivity contribution in [3.63, 3.8) is 0 Å². The normalized spacial score (nSPS) is 23.6. The third-order valence-electron chi connectivity index (χ3n) is 3.43. The lowest BCUT2D eigenvalue weighted by Gasteiger charge is -2.15. The second-order valence-electron chi connectivity index (χ2n) is 4.65. The Morgan fingerprint density at radius 3 is 2.59 bits per heavy atom. The van der Waals surface area contributed by atoms with Crippen LogP contribution in [-0.2, 0) is 17.6 Å². The molecule has 1 aliphatic heterocycles. The van der Waals surface area contributed by atoms with Gasteiger partial charge in [-0.3, -0.25) is 10.1 Å². The van der Waals surface area contributed by atoms with Gasteiger partial charge in [-0.2, -0.15) is 0 Å². The summed E-state index contributed by atoms with van der Waals surface area (Å²) in [5, 5.41) is 6.36. The van der Waals surface area contributed by atoms with E-state index in [4.69, 9.17) is 0 Å². The van der Waals surface area contributed by atoms with E-state index in [0.29, 0.717) is 0 Å². The summed E-state index contributed by atoms with van der Waals surface area (Å²) in [4.78, 5) is 12.0. The molecule has 2 aliphatic rings. The molecule has 3 rings (SSSR count). The van der Waals surface area contributed by atoms with Crippen molar-refractivity contribution in [3.05, 3.63) is 35.4 Å². The van der Waals surface area contributed by atoms with Gasteiger partial charge in [0.2, 0.25) is 5.91 Å². The molecule has 0 bridgehead atoms. The molecule has 1 aromatic carbocycles. The Hall–Kier alpha value is -1.00. The van der Waals surface area contributed by atoms with Gasteiger partial charge in [0.05, 0.1) is 6.04 Å². The van der Waals surface area contributed by atoms with E-state index in [9.17, 15) is 4.79 Å². The zero-order chi connectivity index (χ0) is 11.7. The molecular formula is C13H16N2OS. The van der Waals surface area contributed by atoms with E-state index in [1.165, 1.54) is 11.1 Å². The van der Waals surface area contributed by atoms with Crippen molar-refractivity contribution in [2.24, 2.45) is 0 Å². The Kier molecular flexibility index (Phi) is 3.07. The summed E-state index contributed by atoms with van der Waals surface area (Å²) >= 11 is 1.78. The molecule has 1 aliphatic carbocycles. The average Bonchev–Trinajstić information content (AvgIpc) is 2.97. The van der Waals surface area contributed by atoms with Crippen LogP contribution in [0, 0.1) is 0 Å². The van der Waals surface area contributed by atoms with Crippen molar-refractivity contribution >= 4 is 17.7 Å². The summed E-state index contributed by atoms with van der Waals surface area (Å²) in [5.41, 5.74) is 2.76. The predicted molar refractivity (Wildman–Crippen MR) is 70.0 cm³/mol. The number of benzene rings is 1. The van der Waals surface area contributed by atoms with Crippen LogP contribution in [-0.4, -0.2) is 29.6 Å². The van der Waals surface area contributed by atoms with Gasteiger partial charge in [0.15, 0.2) is 0 Å². The Bertz CT molecular complexity index is 404. The van der Waals surface area contributed by atoms with E-state index in [1.807, 2.05) is 0 Å². The maximum absolute atomic E-state index is 12.0. The van der Waals surface area contributed by atoms with Crippen molar-refractivity contribution < 1.29 is 4.79 Å². The Morgan fingerprint density at radius 2 is 2.00 bits per heavy atom. The average molecular weight is 248 g/mol. The lowest BCUT2D eigenvalue weighted by Crippen LogP contribution is -2.46. The molecule has 0 radical (unpaired) electrons. The van der Waals surface area contributed by atoms with E-state index in [0.717, 1.165) is 24.5 Å². The number of hydrogen-bond donors (Lipinski definition) is 2. The Labute approximate surface area is 105 Å². The van der Waals surface area contributed by atoms with Gasteiger partial charge in [0, 0.05) is 17.7 Å². The van der Waals surface area contributed by atoms with Crippen LogP contribution in [0.25, 0.3) is 0 Å². The summed E-state index contributed by atoms with van der Waals surface area (Å²) in [6, 6.07) is 8.74. The van der Waals surface area contributed by atoms with Crippen molar-refractivity contribution in [1.29, 1.82) is 0 Å². The molecule has 1 heterocycles. The summed E-state index contributed by atoms with van der Waals surface area (Å²) in [6.07, 6.45) is 1.95. The van der Waals surface area contributed by atoms with Crippen molar-refractivity contribution in [1.82, 2.24) is 10.6 Å². The fourth-order valence-corrected chi connectivity index (χ4v) is 3.47. The van der Waals surface area contributed by atoms with Gasteiger partial charge in [-0.25, -0.2) is 0 Å². The monoisotopic (exact) mass is 248 g/mol. The van der Waals surface area contributed by atoms with E-state index < -0.39 is 0 Å². The molecule has 0 saturated carbocycles. The number of fused-ring (bicyclic) bond motifs is 1. The molecule has 1 aromatic rings. The summed E-state index contributed by atoms with van der Waals surface area (Å²) < 4.78 is 0. The fourth-order valence-electron chi connectivity index (χ4n) is 2.53. The van der Waals surface area contributed by atoms with Crippen molar-refractivity contribution in [3.8, 4) is 0 Å². The lowest BCUT2D eigenvalue weighted by molar-refractivity contribution is -0.123. The summed E-state index contributed by atoms with van der Waals surface area (Å²) in [7, 11) is 0. The molecule has 3 nitrogen and oxygen atoms in total. The molecule has 4 heteroatoms. The standard InChI is InChI=1S/C13H16N2OS/c16-13(12-7-17-8-14-12)15-11-5-9-3-1-2-4-10(9)6-11/h1-4,11-12,14H,5-8H2,(H,15,16). The summed E-state index contributed by atoms with van der Waals surface area (Å²) in [6.45, 7) is 0. The molecule has 1 amide bonds. The van der Waals surface area contributed by atoms with Crippen LogP contribution in [0.2, 0.25) is 0 Å². The number of rotatable bonds is 2. The number of carbonyl (C=O) groups excluding carboxylic acids is 1. The fraction of sp³-hybridized carbons (Fsp3) is 0.462. The number of carbonyl (C=O) groups is 1. The number of thioether (sulfide) groups is 1. The first-order valence-electron chi connectivity index (χ1n) is 6.01. The maximum Gasteiger partial charge on any atom is 0.238 e. The van der Waals surface area contributed by atoms with Crippen molar-refractivity contribution in [2.75, 3.05) is 11.6 Å². The van der Waals surface area contributed by atoms with Gasteiger partial charge in [-0.05, 0) is 24.0 Å². The van der Waals surface area contributed by atoms with Gasteiger partial charge < -0.3 is 5.32 Å². The quantitative estimate of drug-likeness (QED) is 0.818. The van der Waals surface area contributed by atoms with Crippen LogP contribution >= 0.6 is 11.8 Å². The van der Waals surface area contributed by atoms with E-state index in [1.54, 1.807) is 11.8 Å². The topological polar surface area (TPSA) is 41.1 Å². The van der Waals surface area contributed by atoms with Crippen LogP contribution < -0.4 is 10.6 Å². The molecule has 1 atom stereocenters. The molecule has 1 unspecified atom stereocenters. The van der Waals surface area contributed by atoms with E-state index in [2.05, 4.69) is 34.9 Å². The van der Waals surface area contributed by atoms with Crippen molar-refractivity contribution in [2.45, 2.75) is 24.9 Å². The highest BCUT2D eigenvalue weighted by Gasteiger charge is 2.27. The molecule has 17 heavy (non-hydrogen) atoms. The second kappa shape index (κ2) is 4.70. The largest absolute Gasteiger partial charge is 0.351 e. The molecule has 90 valence electrons. The minimum absolute atomic E-state index is 0.00344. The molecular weight excluding hydrogens is 232 g/mol. The van der Waals surface area contributed by atoms with Gasteiger partial charge in [0.1, 0.15) is 0 Å². The maximum atomic E-state index is 12.0. The van der Waals surface area contributed by atoms with Crippen LogP contribution in [0.4, 0.5) is 0 Å². The minimum Gasteiger partial charge on any atom is -0.351 e. The van der Waals surface area contributed by atoms with Gasteiger partial charge in [0.25, 0.3) is 0 Å². The first-order chi connectivity index (χ1) is 8.33. The highest BCUT2D eigenvalue weighted by Crippen LogP contribution is 2.22. The SMILES string of the molecule is O=C(NC1Cc2ccccc2C1)C1CSCN1. The number of amides is 1. The first-order valence-corrected chi connectivity index (χ1v) is 7.16. The molecule has 2 N–H and O–H groups in total. The van der Waals surface area contributed by atoms with Crippen LogP contribution in [0.15, 0.2) is 24.3 Å². The van der Waals surface area contributed by atoms with E-state index >= 15 is 0 Å². The lowest BCUT2D eigenvalue weighted by atomic mass is 10.1. The van der Waals surface area contributed by atoms with Gasteiger partial charge >= 0.3 is 0 Å². The smallest absolute Gasteiger partial charge is 0.238 e. The van der Waals surface area contributed by atoms with Crippen LogP contribution in [0.5, 0.6) is 0 Å². The third kappa shape index (κ3) is 2.33. The Morgan fingerprint density at radius 1 is 1.29 bits per heavy atom. The second-order valence-corrected chi connectivity index (χ2v) is 5.68. The zero-order valence-electron chi connectivity index (χ0n) is 9.61. The number of hydrogen-bond acceptors (Lipinski definition) is 3. The molecule has 0 aromatic heterocycles.